The minimum Gasteiger partial charge on any atom is -0.493 e. The van der Waals surface area contributed by atoms with Gasteiger partial charge in [-0.15, -0.1) is 0 Å². The van der Waals surface area contributed by atoms with Crippen LogP contribution < -0.4 is 19.9 Å². The number of aromatic nitrogens is 2. The fourth-order valence-corrected chi connectivity index (χ4v) is 3.53. The number of methoxy groups -OCH3 is 3. The summed E-state index contributed by atoms with van der Waals surface area (Å²) in [6.07, 6.45) is 0.721. The van der Waals surface area contributed by atoms with E-state index in [1.807, 2.05) is 30.3 Å². The van der Waals surface area contributed by atoms with E-state index in [0.717, 1.165) is 16.6 Å². The molecule has 1 aromatic heterocycles. The molecule has 0 aliphatic rings. The maximum atomic E-state index is 12.7. The van der Waals surface area contributed by atoms with Gasteiger partial charge < -0.3 is 23.9 Å². The predicted octanol–water partition coefficient (Wildman–Crippen LogP) is 2.90. The van der Waals surface area contributed by atoms with E-state index < -0.39 is 0 Å². The molecule has 3 rings (SSSR count). The van der Waals surface area contributed by atoms with Crippen molar-refractivity contribution in [2.24, 2.45) is 0 Å². The molecule has 1 heterocycles. The lowest BCUT2D eigenvalue weighted by Gasteiger charge is -2.15. The molecule has 0 unspecified atom stereocenters. The van der Waals surface area contributed by atoms with E-state index in [2.05, 4.69) is 4.98 Å². The van der Waals surface area contributed by atoms with Gasteiger partial charge in [-0.05, 0) is 42.7 Å². The third-order valence-corrected chi connectivity index (χ3v) is 4.85. The lowest BCUT2D eigenvalue weighted by Crippen LogP contribution is -2.18. The van der Waals surface area contributed by atoms with Crippen LogP contribution in [0.15, 0.2) is 35.1 Å². The van der Waals surface area contributed by atoms with Crippen LogP contribution in [0.2, 0.25) is 0 Å². The molecule has 0 aliphatic heterocycles. The van der Waals surface area contributed by atoms with Gasteiger partial charge in [-0.25, -0.2) is 4.79 Å². The van der Waals surface area contributed by atoms with Crippen molar-refractivity contribution in [1.82, 2.24) is 9.55 Å². The van der Waals surface area contributed by atoms with Crippen LogP contribution in [0, 0.1) is 0 Å². The number of hydrogen-bond donors (Lipinski definition) is 1. The molecule has 30 heavy (non-hydrogen) atoms. The molecule has 3 aromatic rings. The first-order chi connectivity index (χ1) is 14.5. The van der Waals surface area contributed by atoms with E-state index in [9.17, 15) is 9.59 Å². The van der Waals surface area contributed by atoms with Crippen molar-refractivity contribution in [3.8, 4) is 17.2 Å². The van der Waals surface area contributed by atoms with Gasteiger partial charge >= 0.3 is 11.7 Å². The smallest absolute Gasteiger partial charge is 0.326 e. The predicted molar refractivity (Wildman–Crippen MR) is 113 cm³/mol. The number of ether oxygens (including phenoxy) is 4. The molecule has 0 saturated carbocycles. The Labute approximate surface area is 174 Å². The summed E-state index contributed by atoms with van der Waals surface area (Å²) >= 11 is 0. The van der Waals surface area contributed by atoms with Crippen LogP contribution in [0.1, 0.15) is 24.5 Å². The third kappa shape index (κ3) is 4.27. The zero-order chi connectivity index (χ0) is 21.7. The Morgan fingerprint density at radius 1 is 1.07 bits per heavy atom. The molecule has 0 amide bonds. The van der Waals surface area contributed by atoms with Gasteiger partial charge in [0.2, 0.25) is 5.75 Å². The standard InChI is InChI=1S/C22H26N2O6/c1-5-30-19(25)10-9-15-7-6-8-16-20(15)24(22(26)23-16)13-14-11-17(27-2)21(29-4)18(12-14)28-3/h6-8,11-12H,5,9-10,13H2,1-4H3,(H,23,26). The number of carbonyl (C=O) groups is 1. The van der Waals surface area contributed by atoms with Gasteiger partial charge in [0, 0.05) is 6.42 Å². The van der Waals surface area contributed by atoms with Crippen LogP contribution in [-0.4, -0.2) is 43.5 Å². The fourth-order valence-electron chi connectivity index (χ4n) is 3.53. The molecule has 8 nitrogen and oxygen atoms in total. The highest BCUT2D eigenvalue weighted by molar-refractivity contribution is 5.80. The van der Waals surface area contributed by atoms with Crippen LogP contribution in [0.4, 0.5) is 0 Å². The van der Waals surface area contributed by atoms with E-state index in [1.165, 1.54) is 0 Å². The number of fused-ring (bicyclic) bond motifs is 1. The van der Waals surface area contributed by atoms with Gasteiger partial charge in [-0.3, -0.25) is 9.36 Å². The molecule has 160 valence electrons. The number of aromatic amines is 1. The quantitative estimate of drug-likeness (QED) is 0.542. The molecule has 2 aromatic carbocycles. The summed E-state index contributed by atoms with van der Waals surface area (Å²) in [5, 5.41) is 0. The number of carbonyl (C=O) groups excluding carboxylic acids is 1. The molecule has 0 saturated heterocycles. The minimum absolute atomic E-state index is 0.234. The minimum atomic E-state index is -0.261. The summed E-state index contributed by atoms with van der Waals surface area (Å²) < 4.78 is 22.9. The number of aryl methyl sites for hydroxylation is 1. The van der Waals surface area contributed by atoms with Crippen LogP contribution >= 0.6 is 0 Å². The highest BCUT2D eigenvalue weighted by atomic mass is 16.5. The molecule has 0 aliphatic carbocycles. The SMILES string of the molecule is CCOC(=O)CCc1cccc2[nH]c(=O)n(Cc3cc(OC)c(OC)c(OC)c3)c12. The average molecular weight is 414 g/mol. The largest absolute Gasteiger partial charge is 0.493 e. The Morgan fingerprint density at radius 2 is 1.77 bits per heavy atom. The monoisotopic (exact) mass is 414 g/mol. The summed E-state index contributed by atoms with van der Waals surface area (Å²) in [4.78, 5) is 27.4. The fraction of sp³-hybridized carbons (Fsp3) is 0.364. The van der Waals surface area contributed by atoms with E-state index >= 15 is 0 Å². The Morgan fingerprint density at radius 3 is 2.37 bits per heavy atom. The topological polar surface area (TPSA) is 91.8 Å². The maximum absolute atomic E-state index is 12.7. The lowest BCUT2D eigenvalue weighted by atomic mass is 10.1. The van der Waals surface area contributed by atoms with E-state index in [1.54, 1.807) is 32.8 Å². The molecule has 0 atom stereocenters. The number of nitrogens with zero attached hydrogens (tertiary/aromatic N) is 1. The Hall–Kier alpha value is -3.42. The second-order valence-electron chi connectivity index (χ2n) is 6.67. The highest BCUT2D eigenvalue weighted by Crippen LogP contribution is 2.38. The second-order valence-corrected chi connectivity index (χ2v) is 6.67. The summed E-state index contributed by atoms with van der Waals surface area (Å²) in [7, 11) is 4.64. The lowest BCUT2D eigenvalue weighted by molar-refractivity contribution is -0.143. The van der Waals surface area contributed by atoms with E-state index in [4.69, 9.17) is 18.9 Å². The number of hydrogen-bond acceptors (Lipinski definition) is 6. The molecular weight excluding hydrogens is 388 g/mol. The van der Waals surface area contributed by atoms with Crippen LogP contribution in [0.25, 0.3) is 11.0 Å². The first kappa shape index (κ1) is 21.3. The molecular formula is C22H26N2O6. The van der Waals surface area contributed by atoms with Crippen molar-refractivity contribution >= 4 is 17.0 Å². The number of rotatable bonds is 9. The molecule has 1 N–H and O–H groups in total. The number of benzene rings is 2. The summed E-state index contributed by atoms with van der Waals surface area (Å²) in [6.45, 7) is 2.42. The highest BCUT2D eigenvalue weighted by Gasteiger charge is 2.17. The maximum Gasteiger partial charge on any atom is 0.326 e. The van der Waals surface area contributed by atoms with Gasteiger partial charge in [-0.1, -0.05) is 12.1 Å². The first-order valence-corrected chi connectivity index (χ1v) is 9.67. The van der Waals surface area contributed by atoms with Crippen molar-refractivity contribution in [1.29, 1.82) is 0 Å². The third-order valence-electron chi connectivity index (χ3n) is 4.85. The number of para-hydroxylation sites is 1. The van der Waals surface area contributed by atoms with Gasteiger partial charge in [0.05, 0.1) is 45.5 Å². The Kier molecular flexibility index (Phi) is 6.66. The zero-order valence-electron chi connectivity index (χ0n) is 17.6. The van der Waals surface area contributed by atoms with Gasteiger partial charge in [0.25, 0.3) is 0 Å². The molecule has 0 radical (unpaired) electrons. The van der Waals surface area contributed by atoms with Crippen molar-refractivity contribution < 1.29 is 23.7 Å². The number of esters is 1. The molecule has 0 fully saturated rings. The molecule has 0 spiro atoms. The van der Waals surface area contributed by atoms with Crippen LogP contribution in [0.5, 0.6) is 17.2 Å². The van der Waals surface area contributed by atoms with Gasteiger partial charge in [-0.2, -0.15) is 0 Å². The van der Waals surface area contributed by atoms with Gasteiger partial charge in [0.1, 0.15) is 0 Å². The number of nitrogens with one attached hydrogen (secondary N) is 1. The van der Waals surface area contributed by atoms with E-state index in [0.29, 0.717) is 42.3 Å². The summed E-state index contributed by atoms with van der Waals surface area (Å²) in [5.41, 5.74) is 2.95. The summed E-state index contributed by atoms with van der Waals surface area (Å²) in [6, 6.07) is 9.25. The second kappa shape index (κ2) is 9.39. The van der Waals surface area contributed by atoms with Crippen molar-refractivity contribution in [3.05, 3.63) is 51.9 Å². The van der Waals surface area contributed by atoms with Crippen molar-refractivity contribution in [2.75, 3.05) is 27.9 Å². The number of imidazole rings is 1. The number of H-pyrrole nitrogens is 1. The normalized spacial score (nSPS) is 10.8. The van der Waals surface area contributed by atoms with Crippen molar-refractivity contribution in [3.63, 3.8) is 0 Å². The summed E-state index contributed by atoms with van der Waals surface area (Å²) in [5.74, 6) is 1.26. The first-order valence-electron chi connectivity index (χ1n) is 9.67. The average Bonchev–Trinajstić information content (AvgIpc) is 3.07. The molecule has 8 heteroatoms. The van der Waals surface area contributed by atoms with Gasteiger partial charge in [0.15, 0.2) is 11.5 Å². The van der Waals surface area contributed by atoms with Crippen LogP contribution in [-0.2, 0) is 22.5 Å². The zero-order valence-corrected chi connectivity index (χ0v) is 17.6. The Bertz CT molecular complexity index is 1070. The molecule has 0 bridgehead atoms. The Balaban J connectivity index is 2.01. The van der Waals surface area contributed by atoms with Crippen LogP contribution in [0.3, 0.4) is 0 Å². The van der Waals surface area contributed by atoms with Crippen molar-refractivity contribution in [2.45, 2.75) is 26.3 Å². The van der Waals surface area contributed by atoms with E-state index in [-0.39, 0.29) is 18.1 Å².